The van der Waals surface area contributed by atoms with Gasteiger partial charge in [-0.05, 0) is 25.2 Å². The molecule has 0 aromatic carbocycles. The summed E-state index contributed by atoms with van der Waals surface area (Å²) in [7, 11) is 0. The van der Waals surface area contributed by atoms with Crippen molar-refractivity contribution < 1.29 is 23.8 Å². The summed E-state index contributed by atoms with van der Waals surface area (Å²) in [6.45, 7) is 1.98. The van der Waals surface area contributed by atoms with Crippen molar-refractivity contribution in [1.29, 1.82) is 0 Å². The molecule has 2 aliphatic heterocycles. The molecule has 0 N–H and O–H groups in total. The van der Waals surface area contributed by atoms with Crippen LogP contribution in [0.5, 0.6) is 0 Å². The van der Waals surface area contributed by atoms with E-state index in [4.69, 9.17) is 14.2 Å². The average Bonchev–Trinajstić information content (AvgIpc) is 3.26. The zero-order valence-electron chi connectivity index (χ0n) is 12.8. The molecule has 120 valence electrons. The van der Waals surface area contributed by atoms with Gasteiger partial charge in [0.05, 0.1) is 23.2 Å². The lowest BCUT2D eigenvalue weighted by Gasteiger charge is -2.28. The highest BCUT2D eigenvalue weighted by Crippen LogP contribution is 2.61. The highest BCUT2D eigenvalue weighted by Gasteiger charge is 2.66. The van der Waals surface area contributed by atoms with Gasteiger partial charge in [0.25, 0.3) is 0 Å². The Morgan fingerprint density at radius 1 is 1.26 bits per heavy atom. The first-order valence-electron chi connectivity index (χ1n) is 8.21. The van der Waals surface area contributed by atoms with E-state index in [1.165, 1.54) is 6.26 Å². The molecule has 0 amide bonds. The second-order valence-corrected chi connectivity index (χ2v) is 7.32. The van der Waals surface area contributed by atoms with Crippen molar-refractivity contribution in [3.8, 4) is 0 Å². The normalized spacial score (nSPS) is 50.4. The molecule has 2 bridgehead atoms. The summed E-state index contributed by atoms with van der Waals surface area (Å²) >= 11 is 0. The van der Waals surface area contributed by atoms with Gasteiger partial charge in [-0.2, -0.15) is 0 Å². The number of carbonyl (C=O) groups is 2. The van der Waals surface area contributed by atoms with Gasteiger partial charge < -0.3 is 14.2 Å². The Bertz CT molecular complexity index is 690. The molecule has 3 fully saturated rings. The SMILES string of the molecule is C[C@@]12C(=O)O[C@@H](O/C=C3/C(=O)O[C@H]4CC=C[C@@H]34)[C@@H]1[C@@H]1C=C[C@H]2C1. The highest BCUT2D eigenvalue weighted by molar-refractivity contribution is 5.92. The van der Waals surface area contributed by atoms with Gasteiger partial charge in [-0.25, -0.2) is 4.79 Å². The van der Waals surface area contributed by atoms with E-state index in [9.17, 15) is 9.59 Å². The fourth-order valence-corrected chi connectivity index (χ4v) is 4.98. The summed E-state index contributed by atoms with van der Waals surface area (Å²) < 4.78 is 16.6. The maximum absolute atomic E-state index is 12.4. The first-order chi connectivity index (χ1) is 11.1. The maximum Gasteiger partial charge on any atom is 0.338 e. The lowest BCUT2D eigenvalue weighted by atomic mass is 9.71. The first-order valence-corrected chi connectivity index (χ1v) is 8.21. The molecule has 0 unspecified atom stereocenters. The lowest BCUT2D eigenvalue weighted by Crippen LogP contribution is -2.35. The molecule has 3 aliphatic carbocycles. The highest BCUT2D eigenvalue weighted by atomic mass is 16.7. The van der Waals surface area contributed by atoms with Crippen LogP contribution in [0.1, 0.15) is 19.8 Å². The van der Waals surface area contributed by atoms with Gasteiger partial charge in [-0.3, -0.25) is 4.79 Å². The van der Waals surface area contributed by atoms with Gasteiger partial charge in [-0.15, -0.1) is 0 Å². The molecule has 7 atom stereocenters. The van der Waals surface area contributed by atoms with E-state index in [1.807, 2.05) is 19.1 Å². The number of allylic oxidation sites excluding steroid dienone is 2. The molecule has 0 spiro atoms. The summed E-state index contributed by atoms with van der Waals surface area (Å²) in [5.74, 6) is 0.0270. The number of carbonyl (C=O) groups excluding carboxylic acids is 2. The Balaban J connectivity index is 1.41. The molecular formula is C18H18O5. The molecule has 0 aromatic heterocycles. The number of fused-ring (bicyclic) bond motifs is 6. The van der Waals surface area contributed by atoms with Crippen molar-refractivity contribution in [3.63, 3.8) is 0 Å². The standard InChI is InChI=1S/C18H18O5/c1-18-10-6-5-9(7-10)14(18)16(23-17(18)20)21-8-12-11-3-2-4-13(11)22-15(12)19/h2-3,5-6,8-11,13-14,16H,4,7H2,1H3/b12-8+/t9-,10+,11+,13+,14+,16-,18+/m1/s1. The maximum atomic E-state index is 12.4. The van der Waals surface area contributed by atoms with E-state index >= 15 is 0 Å². The van der Waals surface area contributed by atoms with Crippen molar-refractivity contribution in [3.05, 3.63) is 36.1 Å². The topological polar surface area (TPSA) is 61.8 Å². The van der Waals surface area contributed by atoms with E-state index in [0.717, 1.165) is 12.8 Å². The molecule has 5 aliphatic rings. The zero-order valence-corrected chi connectivity index (χ0v) is 12.8. The van der Waals surface area contributed by atoms with E-state index in [-0.39, 0.29) is 35.8 Å². The third-order valence-corrected chi connectivity index (χ3v) is 6.29. The Morgan fingerprint density at radius 2 is 2.13 bits per heavy atom. The minimum absolute atomic E-state index is 0.0224. The number of cyclic esters (lactones) is 1. The molecular weight excluding hydrogens is 296 g/mol. The molecule has 0 radical (unpaired) electrons. The van der Waals surface area contributed by atoms with Crippen molar-refractivity contribution >= 4 is 11.9 Å². The summed E-state index contributed by atoms with van der Waals surface area (Å²) in [5, 5.41) is 0. The monoisotopic (exact) mass is 314 g/mol. The third kappa shape index (κ3) is 1.57. The van der Waals surface area contributed by atoms with E-state index < -0.39 is 11.7 Å². The fraction of sp³-hybridized carbons (Fsp3) is 0.556. The minimum atomic E-state index is -0.614. The minimum Gasteiger partial charge on any atom is -0.461 e. The van der Waals surface area contributed by atoms with E-state index in [0.29, 0.717) is 11.5 Å². The Labute approximate surface area is 134 Å². The average molecular weight is 314 g/mol. The third-order valence-electron chi connectivity index (χ3n) is 6.29. The number of rotatable bonds is 2. The zero-order chi connectivity index (χ0) is 15.8. The summed E-state index contributed by atoms with van der Waals surface area (Å²) in [6.07, 6.45) is 10.8. The quantitative estimate of drug-likeness (QED) is 0.338. The first kappa shape index (κ1) is 13.4. The molecule has 23 heavy (non-hydrogen) atoms. The summed E-state index contributed by atoms with van der Waals surface area (Å²) in [5.41, 5.74) is 0.0290. The molecule has 5 heteroatoms. The van der Waals surface area contributed by atoms with Gasteiger partial charge in [-0.1, -0.05) is 24.3 Å². The largest absolute Gasteiger partial charge is 0.461 e. The number of hydrogen-bond donors (Lipinski definition) is 0. The van der Waals surface area contributed by atoms with Crippen LogP contribution in [0.2, 0.25) is 0 Å². The van der Waals surface area contributed by atoms with Crippen LogP contribution in [0.4, 0.5) is 0 Å². The molecule has 1 saturated carbocycles. The lowest BCUT2D eigenvalue weighted by molar-refractivity contribution is -0.161. The van der Waals surface area contributed by atoms with Crippen molar-refractivity contribution in [2.45, 2.75) is 32.2 Å². The van der Waals surface area contributed by atoms with E-state index in [1.54, 1.807) is 0 Å². The van der Waals surface area contributed by atoms with Crippen LogP contribution in [0.15, 0.2) is 36.1 Å². The summed E-state index contributed by atoms with van der Waals surface area (Å²) in [4.78, 5) is 24.3. The van der Waals surface area contributed by atoms with Gasteiger partial charge in [0, 0.05) is 12.3 Å². The molecule has 2 heterocycles. The van der Waals surface area contributed by atoms with E-state index in [2.05, 4.69) is 12.2 Å². The predicted octanol–water partition coefficient (Wildman–Crippen LogP) is 2.10. The number of ether oxygens (including phenoxy) is 3. The predicted molar refractivity (Wildman–Crippen MR) is 78.5 cm³/mol. The van der Waals surface area contributed by atoms with Gasteiger partial charge in [0.2, 0.25) is 6.29 Å². The van der Waals surface area contributed by atoms with Crippen LogP contribution in [-0.4, -0.2) is 24.3 Å². The van der Waals surface area contributed by atoms with Crippen LogP contribution < -0.4 is 0 Å². The van der Waals surface area contributed by atoms with Crippen LogP contribution in [0.3, 0.4) is 0 Å². The van der Waals surface area contributed by atoms with Crippen molar-refractivity contribution in [2.75, 3.05) is 0 Å². The molecule has 5 nitrogen and oxygen atoms in total. The van der Waals surface area contributed by atoms with Crippen LogP contribution in [0.25, 0.3) is 0 Å². The van der Waals surface area contributed by atoms with Crippen molar-refractivity contribution in [1.82, 2.24) is 0 Å². The smallest absolute Gasteiger partial charge is 0.338 e. The molecule has 0 aromatic rings. The van der Waals surface area contributed by atoms with Gasteiger partial charge >= 0.3 is 11.9 Å². The molecule has 2 saturated heterocycles. The second kappa shape index (κ2) is 4.28. The van der Waals surface area contributed by atoms with Crippen LogP contribution >= 0.6 is 0 Å². The Kier molecular flexibility index (Phi) is 2.49. The fourth-order valence-electron chi connectivity index (χ4n) is 4.98. The summed E-state index contributed by atoms with van der Waals surface area (Å²) in [6, 6.07) is 0. The van der Waals surface area contributed by atoms with Gasteiger partial charge in [0.1, 0.15) is 6.10 Å². The van der Waals surface area contributed by atoms with Gasteiger partial charge in [0.15, 0.2) is 0 Å². The molecule has 5 rings (SSSR count). The van der Waals surface area contributed by atoms with Crippen molar-refractivity contribution in [2.24, 2.45) is 29.1 Å². The Morgan fingerprint density at radius 3 is 3.00 bits per heavy atom. The van der Waals surface area contributed by atoms with Crippen LogP contribution in [-0.2, 0) is 23.8 Å². The number of esters is 2. The van der Waals surface area contributed by atoms with Crippen LogP contribution in [0, 0.1) is 29.1 Å². The second-order valence-electron chi connectivity index (χ2n) is 7.32. The Hall–Kier alpha value is -2.04. The number of hydrogen-bond acceptors (Lipinski definition) is 5.